The number of benzene rings is 3. The van der Waals surface area contributed by atoms with Gasteiger partial charge >= 0.3 is 5.97 Å². The van der Waals surface area contributed by atoms with Crippen molar-refractivity contribution in [2.75, 3.05) is 26.5 Å². The van der Waals surface area contributed by atoms with Gasteiger partial charge in [-0.25, -0.2) is 13.6 Å². The van der Waals surface area contributed by atoms with Crippen LogP contribution in [0.25, 0.3) is 5.57 Å². The number of nitrogens with two attached hydrogens (primary N) is 1. The first-order valence-corrected chi connectivity index (χ1v) is 15.6. The maximum Gasteiger partial charge on any atom is 0.336 e. The molecule has 2 heterocycles. The van der Waals surface area contributed by atoms with Gasteiger partial charge in [-0.2, -0.15) is 4.39 Å². The lowest BCUT2D eigenvalue weighted by Gasteiger charge is -2.35. The molecule has 6 rings (SSSR count). The van der Waals surface area contributed by atoms with E-state index in [9.17, 15) is 22.8 Å². The van der Waals surface area contributed by atoms with Gasteiger partial charge in [-0.15, -0.1) is 0 Å². The Bertz CT molecular complexity index is 1740. The molecule has 8 nitrogen and oxygen atoms in total. The van der Waals surface area contributed by atoms with E-state index < -0.39 is 46.7 Å². The molecule has 47 heavy (non-hydrogen) atoms. The van der Waals surface area contributed by atoms with Crippen LogP contribution in [0.2, 0.25) is 5.02 Å². The van der Waals surface area contributed by atoms with Crippen molar-refractivity contribution in [2.24, 2.45) is 5.73 Å². The van der Waals surface area contributed by atoms with Crippen LogP contribution < -0.4 is 10.5 Å². The Morgan fingerprint density at radius 3 is 2.45 bits per heavy atom. The Hall–Kier alpha value is -4.48. The molecule has 1 fully saturated rings. The number of nitrogens with zero attached hydrogens (tertiary/aromatic N) is 1. The normalized spacial score (nSPS) is 17.7. The summed E-state index contributed by atoms with van der Waals surface area (Å²) in [5.41, 5.74) is 8.42. The maximum absolute atomic E-state index is 14.0. The fraction of sp³-hybridized carbons (Fsp3) is 0.314. The van der Waals surface area contributed by atoms with Gasteiger partial charge in [0.1, 0.15) is 11.8 Å². The quantitative estimate of drug-likeness (QED) is 0.136. The number of hydrogen-bond acceptors (Lipinski definition) is 7. The summed E-state index contributed by atoms with van der Waals surface area (Å²) in [7, 11) is 0. The Morgan fingerprint density at radius 1 is 1.02 bits per heavy atom. The number of aryl methyl sites for hydroxylation is 1. The second-order valence-electron chi connectivity index (χ2n) is 11.6. The van der Waals surface area contributed by atoms with Crippen molar-refractivity contribution in [1.29, 1.82) is 0 Å². The third kappa shape index (κ3) is 6.82. The molecule has 1 saturated carbocycles. The van der Waals surface area contributed by atoms with E-state index in [0.717, 1.165) is 22.8 Å². The minimum Gasteiger partial charge on any atom is -0.488 e. The van der Waals surface area contributed by atoms with Crippen LogP contribution >= 0.6 is 11.6 Å². The Balaban J connectivity index is 1.22. The van der Waals surface area contributed by atoms with Gasteiger partial charge in [-0.1, -0.05) is 54.1 Å². The number of ether oxygens (including phenoxy) is 4. The molecule has 0 radical (unpaired) electrons. The second-order valence-corrected chi connectivity index (χ2v) is 12.0. The van der Waals surface area contributed by atoms with Gasteiger partial charge in [-0.3, -0.25) is 9.69 Å². The van der Waals surface area contributed by atoms with Gasteiger partial charge in [0.15, 0.2) is 29.2 Å². The zero-order chi connectivity index (χ0) is 33.1. The van der Waals surface area contributed by atoms with Gasteiger partial charge in [0.2, 0.25) is 18.5 Å². The highest BCUT2D eigenvalue weighted by Crippen LogP contribution is 2.45. The highest BCUT2D eigenvalue weighted by molar-refractivity contribution is 6.31. The molecule has 3 aromatic carbocycles. The number of primary amides is 1. The van der Waals surface area contributed by atoms with E-state index in [2.05, 4.69) is 0 Å². The molecule has 3 aliphatic rings. The van der Waals surface area contributed by atoms with Gasteiger partial charge in [0, 0.05) is 23.7 Å². The molecular formula is C35H32ClF3N2O6. The summed E-state index contributed by atoms with van der Waals surface area (Å²) in [6.45, 7) is 0.648. The molecular weight excluding hydrogens is 637 g/mol. The monoisotopic (exact) mass is 668 g/mol. The van der Waals surface area contributed by atoms with E-state index >= 15 is 0 Å². The summed E-state index contributed by atoms with van der Waals surface area (Å²) >= 11 is 6.49. The minimum atomic E-state index is -1.36. The fourth-order valence-corrected chi connectivity index (χ4v) is 6.20. The summed E-state index contributed by atoms with van der Waals surface area (Å²) in [5.74, 6) is -4.95. The summed E-state index contributed by atoms with van der Waals surface area (Å²) in [4.78, 5) is 28.4. The predicted molar refractivity (Wildman–Crippen MR) is 166 cm³/mol. The highest BCUT2D eigenvalue weighted by atomic mass is 35.5. The molecule has 2 N–H and O–H groups in total. The van der Waals surface area contributed by atoms with Crippen molar-refractivity contribution in [3.63, 3.8) is 0 Å². The molecule has 2 aliphatic heterocycles. The van der Waals surface area contributed by atoms with Gasteiger partial charge in [0.05, 0.1) is 12.2 Å². The lowest BCUT2D eigenvalue weighted by Crippen LogP contribution is -2.50. The molecule has 3 aromatic rings. The lowest BCUT2D eigenvalue weighted by molar-refractivity contribution is -0.145. The Kier molecular flexibility index (Phi) is 9.47. The van der Waals surface area contributed by atoms with Crippen molar-refractivity contribution in [1.82, 2.24) is 4.90 Å². The zero-order valence-corrected chi connectivity index (χ0v) is 26.0. The number of rotatable bonds is 12. The third-order valence-corrected chi connectivity index (χ3v) is 9.05. The van der Waals surface area contributed by atoms with Crippen molar-refractivity contribution in [3.8, 4) is 5.75 Å². The predicted octanol–water partition coefficient (Wildman–Crippen LogP) is 6.38. The van der Waals surface area contributed by atoms with Crippen LogP contribution in [0, 0.1) is 17.5 Å². The molecule has 0 spiro atoms. The van der Waals surface area contributed by atoms with E-state index in [1.165, 1.54) is 6.26 Å². The summed E-state index contributed by atoms with van der Waals surface area (Å²) in [5, 5.41) is 0.388. The molecule has 0 saturated heterocycles. The van der Waals surface area contributed by atoms with E-state index in [1.807, 2.05) is 29.2 Å². The Morgan fingerprint density at radius 2 is 1.77 bits per heavy atom. The standard InChI is InChI=1S/C35H32ClF3N2O6/c36-26-6-2-1-5-24(26)31(29-19-44-20-46-29)47-33(42)25-18-41(35(14-15-35)34(40)43)16-13-23(25)22-9-7-21(8-10-22)4-3-17-45-32-28(38)12-11-27(37)30(32)39/h1-2,5-12,19,31H,3-4,13-18,20H2,(H2,40,43). The molecule has 0 bridgehead atoms. The molecule has 1 amide bonds. The van der Waals surface area contributed by atoms with Gasteiger partial charge < -0.3 is 24.7 Å². The molecule has 1 atom stereocenters. The number of carbonyl (C=O) groups is 2. The number of halogens is 4. The van der Waals surface area contributed by atoms with Crippen LogP contribution in [0.15, 0.2) is 78.3 Å². The van der Waals surface area contributed by atoms with Crippen LogP contribution in [-0.2, 0) is 30.2 Å². The van der Waals surface area contributed by atoms with Crippen LogP contribution in [0.1, 0.15) is 48.5 Å². The first-order chi connectivity index (χ1) is 22.7. The SMILES string of the molecule is NC(=O)C1(N2CCC(c3ccc(CCCOc4c(F)ccc(F)c4F)cc3)=C(C(=O)OC(C3=COCO3)c3ccccc3Cl)C2)CC1. The van der Waals surface area contributed by atoms with Crippen LogP contribution in [0.3, 0.4) is 0 Å². The number of amides is 1. The average Bonchev–Trinajstić information content (AvgIpc) is 3.72. The van der Waals surface area contributed by atoms with Crippen molar-refractivity contribution < 1.29 is 41.7 Å². The van der Waals surface area contributed by atoms with Gasteiger partial charge in [-0.05, 0) is 67.0 Å². The first-order valence-electron chi connectivity index (χ1n) is 15.2. The minimum absolute atomic E-state index is 0.0184. The summed E-state index contributed by atoms with van der Waals surface area (Å²) < 4.78 is 63.3. The molecule has 1 aliphatic carbocycles. The molecule has 12 heteroatoms. The maximum atomic E-state index is 14.0. The third-order valence-electron chi connectivity index (χ3n) is 8.70. The largest absolute Gasteiger partial charge is 0.488 e. The van der Waals surface area contributed by atoms with Crippen molar-refractivity contribution in [3.05, 3.63) is 117 Å². The Labute approximate surface area is 274 Å². The average molecular weight is 669 g/mol. The number of carbonyl (C=O) groups excluding carboxylic acids is 2. The molecule has 1 unspecified atom stereocenters. The molecule has 246 valence electrons. The zero-order valence-electron chi connectivity index (χ0n) is 25.3. The van der Waals surface area contributed by atoms with Crippen LogP contribution in [0.4, 0.5) is 13.2 Å². The van der Waals surface area contributed by atoms with E-state index in [-0.39, 0.29) is 19.9 Å². The topological polar surface area (TPSA) is 100 Å². The van der Waals surface area contributed by atoms with Gasteiger partial charge in [0.25, 0.3) is 0 Å². The number of esters is 1. The second kappa shape index (κ2) is 13.7. The highest BCUT2D eigenvalue weighted by Gasteiger charge is 2.54. The summed E-state index contributed by atoms with van der Waals surface area (Å²) in [6.07, 6.45) is 3.09. The smallest absolute Gasteiger partial charge is 0.336 e. The van der Waals surface area contributed by atoms with Crippen molar-refractivity contribution in [2.45, 2.75) is 43.7 Å². The molecule has 0 aromatic heterocycles. The number of hydrogen-bond donors (Lipinski definition) is 1. The summed E-state index contributed by atoms with van der Waals surface area (Å²) in [6, 6.07) is 16.1. The first kappa shape index (κ1) is 32.5. The van der Waals surface area contributed by atoms with E-state index in [4.69, 9.17) is 36.3 Å². The van der Waals surface area contributed by atoms with E-state index in [1.54, 1.807) is 24.3 Å². The lowest BCUT2D eigenvalue weighted by atomic mass is 9.91. The van der Waals surface area contributed by atoms with Crippen LogP contribution in [-0.4, -0.2) is 48.8 Å². The van der Waals surface area contributed by atoms with Crippen LogP contribution in [0.5, 0.6) is 5.75 Å². The fourth-order valence-electron chi connectivity index (χ4n) is 5.97. The van der Waals surface area contributed by atoms with Crippen molar-refractivity contribution >= 4 is 29.1 Å². The van der Waals surface area contributed by atoms with E-state index in [0.29, 0.717) is 66.6 Å².